The van der Waals surface area contributed by atoms with Gasteiger partial charge in [0.15, 0.2) is 0 Å². The molecule has 254 valence electrons. The molecule has 0 atom stereocenters. The zero-order valence-corrected chi connectivity index (χ0v) is 29.6. The van der Waals surface area contributed by atoms with Gasteiger partial charge in [0.1, 0.15) is 11.2 Å². The third kappa shape index (κ3) is 5.62. The zero-order valence-electron chi connectivity index (χ0n) is 29.6. The van der Waals surface area contributed by atoms with Gasteiger partial charge in [-0.3, -0.25) is 0 Å². The van der Waals surface area contributed by atoms with E-state index in [9.17, 15) is 0 Å². The molecule has 2 heteroatoms. The number of hydrogen-bond donors (Lipinski definition) is 0. The lowest BCUT2D eigenvalue weighted by molar-refractivity contribution is 0.673. The molecule has 0 aliphatic rings. The van der Waals surface area contributed by atoms with Crippen LogP contribution in [0.1, 0.15) is 0 Å². The lowest BCUT2D eigenvalue weighted by Crippen LogP contribution is -2.11. The Hall–Kier alpha value is -7.16. The lowest BCUT2D eigenvalue weighted by Gasteiger charge is -2.28. The minimum Gasteiger partial charge on any atom is -0.455 e. The van der Waals surface area contributed by atoms with Crippen LogP contribution in [0, 0.1) is 0 Å². The summed E-state index contributed by atoms with van der Waals surface area (Å²) in [4.78, 5) is 2.37. The van der Waals surface area contributed by atoms with Crippen LogP contribution in [0.25, 0.3) is 77.2 Å². The van der Waals surface area contributed by atoms with Crippen LogP contribution in [0.3, 0.4) is 0 Å². The molecule has 0 saturated heterocycles. The number of benzene rings is 9. The molecule has 0 aliphatic carbocycles. The third-order valence-corrected chi connectivity index (χ3v) is 10.5. The Balaban J connectivity index is 1.09. The molecule has 0 N–H and O–H groups in total. The quantitative estimate of drug-likeness (QED) is 0.166. The van der Waals surface area contributed by atoms with Crippen LogP contribution in [-0.4, -0.2) is 0 Å². The van der Waals surface area contributed by atoms with Gasteiger partial charge in [0.05, 0.1) is 5.69 Å². The van der Waals surface area contributed by atoms with Gasteiger partial charge >= 0.3 is 0 Å². The van der Waals surface area contributed by atoms with Gasteiger partial charge in [-0.25, -0.2) is 0 Å². The van der Waals surface area contributed by atoms with E-state index in [0.717, 1.165) is 61.1 Å². The van der Waals surface area contributed by atoms with E-state index in [2.05, 4.69) is 217 Å². The summed E-state index contributed by atoms with van der Waals surface area (Å²) in [5, 5.41) is 4.59. The highest BCUT2D eigenvalue weighted by atomic mass is 16.3. The highest BCUT2D eigenvalue weighted by molar-refractivity contribution is 6.19. The molecule has 10 rings (SSSR count). The summed E-state index contributed by atoms with van der Waals surface area (Å²) in [6, 6.07) is 75.8. The molecule has 54 heavy (non-hydrogen) atoms. The first-order chi connectivity index (χ1) is 26.8. The fourth-order valence-corrected chi connectivity index (χ4v) is 7.83. The van der Waals surface area contributed by atoms with Gasteiger partial charge in [-0.15, -0.1) is 0 Å². The first-order valence-corrected chi connectivity index (χ1v) is 18.4. The van der Waals surface area contributed by atoms with Crippen molar-refractivity contribution in [1.82, 2.24) is 0 Å². The van der Waals surface area contributed by atoms with E-state index in [0.29, 0.717) is 0 Å². The van der Waals surface area contributed by atoms with Crippen molar-refractivity contribution < 1.29 is 4.42 Å². The van der Waals surface area contributed by atoms with Crippen LogP contribution in [0.5, 0.6) is 0 Å². The molecule has 0 amide bonds. The highest BCUT2D eigenvalue weighted by Gasteiger charge is 2.19. The lowest BCUT2D eigenvalue weighted by atomic mass is 9.97. The van der Waals surface area contributed by atoms with Crippen LogP contribution < -0.4 is 4.90 Å². The highest BCUT2D eigenvalue weighted by Crippen LogP contribution is 2.44. The molecule has 0 aliphatic heterocycles. The Morgan fingerprint density at radius 1 is 0.315 bits per heavy atom. The molecule has 0 bridgehead atoms. The van der Waals surface area contributed by atoms with Crippen molar-refractivity contribution in [2.45, 2.75) is 0 Å². The molecule has 10 aromatic rings. The number of furan rings is 1. The Morgan fingerprint density at radius 3 is 1.50 bits per heavy atom. The molecule has 0 radical (unpaired) electrons. The van der Waals surface area contributed by atoms with Crippen LogP contribution in [0.15, 0.2) is 217 Å². The average Bonchev–Trinajstić information content (AvgIpc) is 3.65. The summed E-state index contributed by atoms with van der Waals surface area (Å²) >= 11 is 0. The van der Waals surface area contributed by atoms with E-state index in [-0.39, 0.29) is 0 Å². The van der Waals surface area contributed by atoms with Crippen molar-refractivity contribution in [3.8, 4) is 44.5 Å². The van der Waals surface area contributed by atoms with E-state index in [1.807, 2.05) is 0 Å². The van der Waals surface area contributed by atoms with Crippen molar-refractivity contribution in [3.05, 3.63) is 212 Å². The molecule has 2 nitrogen and oxygen atoms in total. The van der Waals surface area contributed by atoms with Crippen LogP contribution >= 0.6 is 0 Å². The van der Waals surface area contributed by atoms with E-state index in [1.165, 1.54) is 33.2 Å². The standard InChI is InChI=1S/C52H35NO/c1-3-12-36(13-4-1)38-22-24-41(25-23-38)45-17-9-10-20-49(45)53(43-31-26-39(27-32-43)37-14-5-2-6-15-37)44-33-28-42(29-34-44)46-19-11-21-50-51(46)48-35-30-40-16-7-8-18-47(40)52(48)54-50/h1-35H. The minimum absolute atomic E-state index is 0.898. The summed E-state index contributed by atoms with van der Waals surface area (Å²) in [6.45, 7) is 0. The third-order valence-electron chi connectivity index (χ3n) is 10.5. The topological polar surface area (TPSA) is 16.4 Å². The monoisotopic (exact) mass is 689 g/mol. The normalized spacial score (nSPS) is 11.3. The fraction of sp³-hybridized carbons (Fsp3) is 0. The van der Waals surface area contributed by atoms with E-state index in [4.69, 9.17) is 4.42 Å². The largest absolute Gasteiger partial charge is 0.455 e. The maximum Gasteiger partial charge on any atom is 0.143 e. The van der Waals surface area contributed by atoms with Crippen molar-refractivity contribution in [1.29, 1.82) is 0 Å². The molecular formula is C52H35NO. The van der Waals surface area contributed by atoms with E-state index in [1.54, 1.807) is 0 Å². The Kier molecular flexibility index (Phi) is 7.85. The van der Waals surface area contributed by atoms with Crippen LogP contribution in [0.2, 0.25) is 0 Å². The van der Waals surface area contributed by atoms with E-state index >= 15 is 0 Å². The van der Waals surface area contributed by atoms with Gasteiger partial charge in [0, 0.05) is 33.1 Å². The summed E-state index contributed by atoms with van der Waals surface area (Å²) in [7, 11) is 0. The van der Waals surface area contributed by atoms with Crippen molar-refractivity contribution >= 4 is 49.8 Å². The Labute approximate surface area is 314 Å². The molecule has 9 aromatic carbocycles. The number of anilines is 3. The van der Waals surface area contributed by atoms with Crippen LogP contribution in [0.4, 0.5) is 17.1 Å². The Morgan fingerprint density at radius 2 is 0.815 bits per heavy atom. The predicted molar refractivity (Wildman–Crippen MR) is 228 cm³/mol. The molecule has 1 heterocycles. The first kappa shape index (κ1) is 31.6. The first-order valence-electron chi connectivity index (χ1n) is 18.4. The molecule has 1 aromatic heterocycles. The van der Waals surface area contributed by atoms with Crippen LogP contribution in [-0.2, 0) is 0 Å². The van der Waals surface area contributed by atoms with Gasteiger partial charge < -0.3 is 9.32 Å². The predicted octanol–water partition coefficient (Wildman–Crippen LogP) is 14.9. The maximum absolute atomic E-state index is 6.53. The van der Waals surface area contributed by atoms with Crippen molar-refractivity contribution in [2.24, 2.45) is 0 Å². The van der Waals surface area contributed by atoms with Gasteiger partial charge in [0.25, 0.3) is 0 Å². The van der Waals surface area contributed by atoms with Gasteiger partial charge in [-0.1, -0.05) is 170 Å². The number of para-hydroxylation sites is 1. The molecular weight excluding hydrogens is 655 g/mol. The average molecular weight is 690 g/mol. The van der Waals surface area contributed by atoms with Gasteiger partial charge in [0.2, 0.25) is 0 Å². The maximum atomic E-state index is 6.53. The summed E-state index contributed by atoms with van der Waals surface area (Å²) in [5.41, 5.74) is 14.5. The number of hydrogen-bond acceptors (Lipinski definition) is 2. The fourth-order valence-electron chi connectivity index (χ4n) is 7.83. The van der Waals surface area contributed by atoms with E-state index < -0.39 is 0 Å². The second kappa shape index (κ2) is 13.4. The number of rotatable bonds is 7. The number of fused-ring (bicyclic) bond motifs is 5. The summed E-state index contributed by atoms with van der Waals surface area (Å²) < 4.78 is 6.53. The molecule has 0 spiro atoms. The van der Waals surface area contributed by atoms with Crippen molar-refractivity contribution in [2.75, 3.05) is 4.90 Å². The SMILES string of the molecule is c1ccc(-c2ccc(-c3ccccc3N(c3ccc(-c4ccccc4)cc3)c3ccc(-c4cccc5oc6c7ccccc7ccc6c45)cc3)cc2)cc1. The molecule has 0 saturated carbocycles. The zero-order chi connectivity index (χ0) is 35.8. The minimum atomic E-state index is 0.898. The smallest absolute Gasteiger partial charge is 0.143 e. The summed E-state index contributed by atoms with van der Waals surface area (Å²) in [6.07, 6.45) is 0. The van der Waals surface area contributed by atoms with Gasteiger partial charge in [-0.05, 0) is 86.8 Å². The number of nitrogens with zero attached hydrogens (tertiary/aromatic N) is 1. The van der Waals surface area contributed by atoms with Gasteiger partial charge in [-0.2, -0.15) is 0 Å². The van der Waals surface area contributed by atoms with Crippen molar-refractivity contribution in [3.63, 3.8) is 0 Å². The Bertz CT molecular complexity index is 2890. The second-order valence-electron chi connectivity index (χ2n) is 13.7. The second-order valence-corrected chi connectivity index (χ2v) is 13.7. The summed E-state index contributed by atoms with van der Waals surface area (Å²) in [5.74, 6) is 0. The molecule has 0 fully saturated rings. The molecule has 0 unspecified atom stereocenters.